The predicted octanol–water partition coefficient (Wildman–Crippen LogP) is 3.37. The number of nitrogens with one attached hydrogen (secondary N) is 2. The van der Waals surface area contributed by atoms with Gasteiger partial charge in [-0.2, -0.15) is 13.2 Å². The van der Waals surface area contributed by atoms with Gasteiger partial charge in [0.1, 0.15) is 0 Å². The second-order valence-corrected chi connectivity index (χ2v) is 6.57. The number of nitrogens with zero attached hydrogens (tertiary/aromatic N) is 2. The van der Waals surface area contributed by atoms with E-state index in [1.165, 1.54) is 25.0 Å². The molecule has 0 aromatic heterocycles. The van der Waals surface area contributed by atoms with Gasteiger partial charge in [-0.05, 0) is 63.0 Å². The smallest absolute Gasteiger partial charge is 0.356 e. The van der Waals surface area contributed by atoms with Crippen molar-refractivity contribution in [1.29, 1.82) is 0 Å². The Bertz CT molecular complexity index is 553. The van der Waals surface area contributed by atoms with Crippen LogP contribution in [-0.4, -0.2) is 51.1 Å². The van der Waals surface area contributed by atoms with Gasteiger partial charge < -0.3 is 15.5 Å². The summed E-state index contributed by atoms with van der Waals surface area (Å²) in [6.07, 6.45) is -1.26. The van der Waals surface area contributed by atoms with Crippen molar-refractivity contribution in [2.75, 3.05) is 40.3 Å². The van der Waals surface area contributed by atoms with Gasteiger partial charge in [0.15, 0.2) is 5.96 Å². The molecule has 1 fully saturated rings. The molecule has 1 saturated heterocycles. The second kappa shape index (κ2) is 11.0. The number of hydrogen-bond acceptors (Lipinski definition) is 2. The van der Waals surface area contributed by atoms with Gasteiger partial charge in [0, 0.05) is 20.1 Å². The van der Waals surface area contributed by atoms with Crippen LogP contribution in [0.3, 0.4) is 0 Å². The number of aliphatic imine (C=N–C) groups is 1. The average molecular weight is 484 g/mol. The Labute approximate surface area is 170 Å². The normalized spacial score (nSPS) is 16.9. The third-order valence-corrected chi connectivity index (χ3v) is 4.61. The zero-order valence-electron chi connectivity index (χ0n) is 15.3. The van der Waals surface area contributed by atoms with Gasteiger partial charge in [-0.3, -0.25) is 4.99 Å². The van der Waals surface area contributed by atoms with Crippen LogP contribution in [0.25, 0.3) is 0 Å². The van der Waals surface area contributed by atoms with Crippen LogP contribution in [0, 0.1) is 5.92 Å². The largest absolute Gasteiger partial charge is 0.416 e. The summed E-state index contributed by atoms with van der Waals surface area (Å²) < 4.78 is 37.6. The summed E-state index contributed by atoms with van der Waals surface area (Å²) in [6, 6.07) is 5.31. The van der Waals surface area contributed by atoms with E-state index in [-0.39, 0.29) is 24.0 Å². The lowest BCUT2D eigenvalue weighted by atomic mass is 9.97. The molecule has 0 spiro atoms. The number of rotatable bonds is 5. The van der Waals surface area contributed by atoms with Crippen LogP contribution in [0.15, 0.2) is 29.3 Å². The van der Waals surface area contributed by atoms with E-state index in [9.17, 15) is 13.2 Å². The summed E-state index contributed by atoms with van der Waals surface area (Å²) in [6.45, 7) is 3.78. The third kappa shape index (κ3) is 7.69. The number of alkyl halides is 3. The third-order valence-electron chi connectivity index (χ3n) is 4.61. The van der Waals surface area contributed by atoms with E-state index in [1.807, 2.05) is 0 Å². The molecule has 0 bridgehead atoms. The Hall–Kier alpha value is -1.03. The first-order valence-electron chi connectivity index (χ1n) is 8.67. The van der Waals surface area contributed by atoms with E-state index in [2.05, 4.69) is 27.6 Å². The fraction of sp³-hybridized carbons (Fsp3) is 0.611. The molecule has 0 atom stereocenters. The first kappa shape index (κ1) is 23.0. The molecule has 26 heavy (non-hydrogen) atoms. The highest BCUT2D eigenvalue weighted by Crippen LogP contribution is 2.29. The fourth-order valence-electron chi connectivity index (χ4n) is 2.91. The molecule has 2 rings (SSSR count). The van der Waals surface area contributed by atoms with Crippen molar-refractivity contribution < 1.29 is 13.2 Å². The Balaban J connectivity index is 0.00000338. The molecule has 4 nitrogen and oxygen atoms in total. The minimum atomic E-state index is -4.28. The van der Waals surface area contributed by atoms with E-state index in [4.69, 9.17) is 0 Å². The lowest BCUT2D eigenvalue weighted by Gasteiger charge is -2.29. The van der Waals surface area contributed by atoms with Crippen LogP contribution in [0.5, 0.6) is 0 Å². The van der Waals surface area contributed by atoms with E-state index in [0.29, 0.717) is 18.9 Å². The molecule has 0 aliphatic carbocycles. The van der Waals surface area contributed by atoms with Crippen molar-refractivity contribution >= 4 is 29.9 Å². The van der Waals surface area contributed by atoms with Gasteiger partial charge in [-0.15, -0.1) is 24.0 Å². The van der Waals surface area contributed by atoms with Crippen LogP contribution in [-0.2, 0) is 12.6 Å². The minimum absolute atomic E-state index is 0. The van der Waals surface area contributed by atoms with Gasteiger partial charge in [0.25, 0.3) is 0 Å². The standard InChI is InChI=1S/C18H27F3N4.HI/c1-22-17(24-13-15-8-11-25(2)12-9-15)23-10-7-14-3-5-16(6-4-14)18(19,20)21;/h3-6,15H,7-13H2,1-2H3,(H2,22,23,24);1H. The number of halogens is 4. The highest BCUT2D eigenvalue weighted by atomic mass is 127. The topological polar surface area (TPSA) is 39.7 Å². The summed E-state index contributed by atoms with van der Waals surface area (Å²) in [4.78, 5) is 6.54. The Kier molecular flexibility index (Phi) is 9.70. The first-order valence-corrected chi connectivity index (χ1v) is 8.67. The molecule has 1 aliphatic rings. The van der Waals surface area contributed by atoms with Gasteiger partial charge >= 0.3 is 6.18 Å². The molecule has 0 amide bonds. The highest BCUT2D eigenvalue weighted by molar-refractivity contribution is 14.0. The number of benzene rings is 1. The van der Waals surface area contributed by atoms with Crippen molar-refractivity contribution in [2.45, 2.75) is 25.4 Å². The van der Waals surface area contributed by atoms with E-state index >= 15 is 0 Å². The molecule has 1 aliphatic heterocycles. The monoisotopic (exact) mass is 484 g/mol. The van der Waals surface area contributed by atoms with Crippen LogP contribution < -0.4 is 10.6 Å². The Morgan fingerprint density at radius 2 is 1.77 bits per heavy atom. The van der Waals surface area contributed by atoms with Crippen molar-refractivity contribution in [3.8, 4) is 0 Å². The number of hydrogen-bond donors (Lipinski definition) is 2. The van der Waals surface area contributed by atoms with Crippen molar-refractivity contribution in [3.63, 3.8) is 0 Å². The molecule has 1 aromatic carbocycles. The van der Waals surface area contributed by atoms with E-state index in [0.717, 1.165) is 43.3 Å². The zero-order valence-corrected chi connectivity index (χ0v) is 17.6. The maximum Gasteiger partial charge on any atom is 0.416 e. The van der Waals surface area contributed by atoms with Gasteiger partial charge in [0.2, 0.25) is 0 Å². The molecule has 2 N–H and O–H groups in total. The molecule has 0 radical (unpaired) electrons. The molecular formula is C18H28F3IN4. The van der Waals surface area contributed by atoms with Crippen LogP contribution in [0.2, 0.25) is 0 Å². The summed E-state index contributed by atoms with van der Waals surface area (Å²) >= 11 is 0. The van der Waals surface area contributed by atoms with Crippen molar-refractivity contribution in [1.82, 2.24) is 15.5 Å². The molecule has 0 saturated carbocycles. The van der Waals surface area contributed by atoms with E-state index < -0.39 is 11.7 Å². The fourth-order valence-corrected chi connectivity index (χ4v) is 2.91. The summed E-state index contributed by atoms with van der Waals surface area (Å²) in [7, 11) is 3.87. The predicted molar refractivity (Wildman–Crippen MR) is 110 cm³/mol. The quantitative estimate of drug-likeness (QED) is 0.383. The first-order chi connectivity index (χ1) is 11.9. The van der Waals surface area contributed by atoms with Crippen LogP contribution >= 0.6 is 24.0 Å². The number of guanidine groups is 1. The van der Waals surface area contributed by atoms with Crippen molar-refractivity contribution in [2.24, 2.45) is 10.9 Å². The van der Waals surface area contributed by atoms with Crippen LogP contribution in [0.4, 0.5) is 13.2 Å². The zero-order chi connectivity index (χ0) is 18.3. The highest BCUT2D eigenvalue weighted by Gasteiger charge is 2.29. The van der Waals surface area contributed by atoms with Crippen molar-refractivity contribution in [3.05, 3.63) is 35.4 Å². The maximum absolute atomic E-state index is 12.5. The van der Waals surface area contributed by atoms with Gasteiger partial charge in [-0.1, -0.05) is 12.1 Å². The van der Waals surface area contributed by atoms with Gasteiger partial charge in [-0.25, -0.2) is 0 Å². The molecule has 1 aromatic rings. The SMILES string of the molecule is CN=C(NCCc1ccc(C(F)(F)F)cc1)NCC1CCN(C)CC1.I. The van der Waals surface area contributed by atoms with E-state index in [1.54, 1.807) is 7.05 Å². The summed E-state index contributed by atoms with van der Waals surface area (Å²) in [5.74, 6) is 1.40. The second-order valence-electron chi connectivity index (χ2n) is 6.57. The summed E-state index contributed by atoms with van der Waals surface area (Å²) in [5.41, 5.74) is 0.256. The summed E-state index contributed by atoms with van der Waals surface area (Å²) in [5, 5.41) is 6.56. The maximum atomic E-state index is 12.5. The lowest BCUT2D eigenvalue weighted by molar-refractivity contribution is -0.137. The molecule has 1 heterocycles. The number of likely N-dealkylation sites (tertiary alicyclic amines) is 1. The lowest BCUT2D eigenvalue weighted by Crippen LogP contribution is -2.42. The Morgan fingerprint density at radius 1 is 1.15 bits per heavy atom. The van der Waals surface area contributed by atoms with Crippen LogP contribution in [0.1, 0.15) is 24.0 Å². The Morgan fingerprint density at radius 3 is 2.31 bits per heavy atom. The molecular weight excluding hydrogens is 456 g/mol. The number of piperidine rings is 1. The molecule has 8 heteroatoms. The molecule has 0 unspecified atom stereocenters. The molecule has 148 valence electrons. The minimum Gasteiger partial charge on any atom is -0.356 e. The average Bonchev–Trinajstić information content (AvgIpc) is 2.59. The van der Waals surface area contributed by atoms with Gasteiger partial charge in [0.05, 0.1) is 5.56 Å².